The van der Waals surface area contributed by atoms with Gasteiger partial charge in [-0.25, -0.2) is 0 Å². The Kier molecular flexibility index (Phi) is 3.96. The Morgan fingerprint density at radius 3 is 2.89 bits per heavy atom. The number of nitrogens with one attached hydrogen (secondary N) is 1. The second-order valence-electron chi connectivity index (χ2n) is 5.00. The summed E-state index contributed by atoms with van der Waals surface area (Å²) < 4.78 is 5.15. The minimum Gasteiger partial charge on any atom is -0.354 e. The molecule has 6 heteroatoms. The summed E-state index contributed by atoms with van der Waals surface area (Å²) in [6, 6.07) is -0.128. The highest BCUT2D eigenvalue weighted by Gasteiger charge is 2.29. The Morgan fingerprint density at radius 2 is 2.28 bits per heavy atom. The van der Waals surface area contributed by atoms with E-state index in [0.717, 1.165) is 18.7 Å². The average Bonchev–Trinajstić information content (AvgIpc) is 3.08. The van der Waals surface area contributed by atoms with Crippen LogP contribution in [0.3, 0.4) is 0 Å². The highest BCUT2D eigenvalue weighted by Crippen LogP contribution is 2.38. The topological polar surface area (TPSA) is 71.3 Å². The first-order valence-corrected chi connectivity index (χ1v) is 6.34. The molecule has 1 aliphatic rings. The summed E-state index contributed by atoms with van der Waals surface area (Å²) in [6.45, 7) is 2.41. The molecule has 0 saturated heterocycles. The lowest BCUT2D eigenvalue weighted by Gasteiger charge is -2.18. The number of nitrogens with zero attached hydrogens (tertiary/aromatic N) is 3. The maximum Gasteiger partial charge on any atom is 0.237 e. The molecule has 0 spiro atoms. The fraction of sp³-hybridized carbons (Fsp3) is 0.750. The Bertz CT molecular complexity index is 412. The first kappa shape index (κ1) is 13.0. The van der Waals surface area contributed by atoms with Crippen LogP contribution in [-0.2, 0) is 11.2 Å². The number of likely N-dealkylation sites (N-methyl/N-ethyl adjacent to an activating group) is 1. The molecule has 1 saturated carbocycles. The molecule has 1 fully saturated rings. The van der Waals surface area contributed by atoms with Gasteiger partial charge in [-0.2, -0.15) is 4.98 Å². The molecular formula is C12H20N4O2. The molecule has 1 aromatic heterocycles. The molecule has 100 valence electrons. The van der Waals surface area contributed by atoms with Crippen molar-refractivity contribution in [2.75, 3.05) is 20.6 Å². The van der Waals surface area contributed by atoms with E-state index in [9.17, 15) is 4.79 Å². The van der Waals surface area contributed by atoms with Crippen LogP contribution >= 0.6 is 0 Å². The zero-order valence-corrected chi connectivity index (χ0v) is 11.1. The van der Waals surface area contributed by atoms with Crippen molar-refractivity contribution in [2.45, 2.75) is 38.1 Å². The van der Waals surface area contributed by atoms with Gasteiger partial charge in [-0.15, -0.1) is 0 Å². The van der Waals surface area contributed by atoms with E-state index in [0.29, 0.717) is 24.7 Å². The van der Waals surface area contributed by atoms with E-state index < -0.39 is 0 Å². The van der Waals surface area contributed by atoms with Gasteiger partial charge in [0.2, 0.25) is 11.8 Å². The van der Waals surface area contributed by atoms with E-state index in [2.05, 4.69) is 15.5 Å². The minimum absolute atomic E-state index is 0.0194. The molecule has 0 radical (unpaired) electrons. The molecular weight excluding hydrogens is 232 g/mol. The number of amides is 1. The second-order valence-corrected chi connectivity index (χ2v) is 5.00. The van der Waals surface area contributed by atoms with Gasteiger partial charge < -0.3 is 9.84 Å². The lowest BCUT2D eigenvalue weighted by molar-refractivity contribution is -0.124. The Hall–Kier alpha value is -1.43. The smallest absolute Gasteiger partial charge is 0.237 e. The molecule has 1 unspecified atom stereocenters. The molecule has 1 N–H and O–H groups in total. The van der Waals surface area contributed by atoms with Crippen LogP contribution in [0.15, 0.2) is 4.52 Å². The zero-order valence-electron chi connectivity index (χ0n) is 11.1. The van der Waals surface area contributed by atoms with Crippen molar-refractivity contribution >= 4 is 5.91 Å². The van der Waals surface area contributed by atoms with Crippen LogP contribution in [0.1, 0.15) is 37.4 Å². The van der Waals surface area contributed by atoms with Gasteiger partial charge in [-0.3, -0.25) is 9.69 Å². The Labute approximate surface area is 107 Å². The highest BCUT2D eigenvalue weighted by atomic mass is 16.5. The van der Waals surface area contributed by atoms with Crippen LogP contribution in [-0.4, -0.2) is 47.6 Å². The van der Waals surface area contributed by atoms with E-state index in [1.807, 2.05) is 25.9 Å². The molecule has 1 atom stereocenters. The molecule has 1 amide bonds. The summed E-state index contributed by atoms with van der Waals surface area (Å²) in [5.41, 5.74) is 0. The summed E-state index contributed by atoms with van der Waals surface area (Å²) >= 11 is 0. The van der Waals surface area contributed by atoms with Crippen LogP contribution in [0.5, 0.6) is 0 Å². The summed E-state index contributed by atoms with van der Waals surface area (Å²) in [6.07, 6.45) is 2.92. The van der Waals surface area contributed by atoms with Gasteiger partial charge in [0.15, 0.2) is 5.82 Å². The van der Waals surface area contributed by atoms with Crippen LogP contribution in [0, 0.1) is 0 Å². The van der Waals surface area contributed by atoms with E-state index in [-0.39, 0.29) is 11.9 Å². The van der Waals surface area contributed by atoms with Crippen LogP contribution in [0.4, 0.5) is 0 Å². The van der Waals surface area contributed by atoms with Gasteiger partial charge in [0.25, 0.3) is 0 Å². The molecule has 0 bridgehead atoms. The van der Waals surface area contributed by atoms with Crippen molar-refractivity contribution in [3.05, 3.63) is 11.7 Å². The number of carbonyl (C=O) groups excluding carboxylic acids is 1. The first-order chi connectivity index (χ1) is 8.58. The van der Waals surface area contributed by atoms with Crippen molar-refractivity contribution < 1.29 is 9.32 Å². The van der Waals surface area contributed by atoms with Gasteiger partial charge in [-0.1, -0.05) is 5.16 Å². The third-order valence-electron chi connectivity index (χ3n) is 3.21. The highest BCUT2D eigenvalue weighted by molar-refractivity contribution is 5.81. The third-order valence-corrected chi connectivity index (χ3v) is 3.21. The molecule has 1 aliphatic carbocycles. The van der Waals surface area contributed by atoms with Gasteiger partial charge in [0.05, 0.1) is 6.04 Å². The van der Waals surface area contributed by atoms with E-state index >= 15 is 0 Å². The number of rotatable bonds is 6. The normalized spacial score (nSPS) is 16.9. The average molecular weight is 252 g/mol. The van der Waals surface area contributed by atoms with E-state index in [1.165, 1.54) is 0 Å². The molecule has 6 nitrogen and oxygen atoms in total. The van der Waals surface area contributed by atoms with Crippen LogP contribution in [0.25, 0.3) is 0 Å². The summed E-state index contributed by atoms with van der Waals surface area (Å²) in [5.74, 6) is 1.92. The molecule has 1 heterocycles. The quantitative estimate of drug-likeness (QED) is 0.801. The fourth-order valence-corrected chi connectivity index (χ4v) is 1.54. The Balaban J connectivity index is 1.72. The van der Waals surface area contributed by atoms with Crippen molar-refractivity contribution in [3.63, 3.8) is 0 Å². The lowest BCUT2D eigenvalue weighted by Crippen LogP contribution is -2.42. The predicted molar refractivity (Wildman–Crippen MR) is 66.1 cm³/mol. The molecule has 1 aromatic rings. The SMILES string of the molecule is CC(C(=O)NCCc1noc(C2CC2)n1)N(C)C. The van der Waals surface area contributed by atoms with Gasteiger partial charge in [-0.05, 0) is 33.9 Å². The van der Waals surface area contributed by atoms with Crippen molar-refractivity contribution in [1.29, 1.82) is 0 Å². The number of hydrogen-bond acceptors (Lipinski definition) is 5. The van der Waals surface area contributed by atoms with Gasteiger partial charge in [0, 0.05) is 18.9 Å². The number of aromatic nitrogens is 2. The van der Waals surface area contributed by atoms with Crippen molar-refractivity contribution in [2.24, 2.45) is 0 Å². The summed E-state index contributed by atoms with van der Waals surface area (Å²) in [5, 5.41) is 6.77. The van der Waals surface area contributed by atoms with Gasteiger partial charge >= 0.3 is 0 Å². The van der Waals surface area contributed by atoms with Gasteiger partial charge in [0.1, 0.15) is 0 Å². The van der Waals surface area contributed by atoms with E-state index in [1.54, 1.807) is 0 Å². The lowest BCUT2D eigenvalue weighted by atomic mass is 10.3. The van der Waals surface area contributed by atoms with Crippen LogP contribution < -0.4 is 5.32 Å². The second kappa shape index (κ2) is 5.48. The number of hydrogen-bond donors (Lipinski definition) is 1. The molecule has 2 rings (SSSR count). The zero-order chi connectivity index (χ0) is 13.1. The first-order valence-electron chi connectivity index (χ1n) is 6.34. The number of carbonyl (C=O) groups is 1. The fourth-order valence-electron chi connectivity index (χ4n) is 1.54. The third kappa shape index (κ3) is 3.29. The maximum atomic E-state index is 11.7. The molecule has 18 heavy (non-hydrogen) atoms. The van der Waals surface area contributed by atoms with Crippen LogP contribution in [0.2, 0.25) is 0 Å². The summed E-state index contributed by atoms with van der Waals surface area (Å²) in [7, 11) is 3.76. The van der Waals surface area contributed by atoms with Crippen molar-refractivity contribution in [1.82, 2.24) is 20.4 Å². The van der Waals surface area contributed by atoms with E-state index in [4.69, 9.17) is 4.52 Å². The largest absolute Gasteiger partial charge is 0.354 e. The predicted octanol–water partition coefficient (Wildman–Crippen LogP) is 0.556. The Morgan fingerprint density at radius 1 is 1.56 bits per heavy atom. The van der Waals surface area contributed by atoms with Crippen molar-refractivity contribution in [3.8, 4) is 0 Å². The monoisotopic (exact) mass is 252 g/mol. The maximum absolute atomic E-state index is 11.7. The minimum atomic E-state index is -0.128. The molecule has 0 aliphatic heterocycles. The summed E-state index contributed by atoms with van der Waals surface area (Å²) in [4.78, 5) is 17.9. The molecule has 0 aromatic carbocycles. The standard InChI is InChI=1S/C12H20N4O2/c1-8(16(2)3)11(17)13-7-6-10-14-12(18-15-10)9-4-5-9/h8-9H,4-7H2,1-3H3,(H,13,17).